The number of aromatic nitrogens is 2. The zero-order chi connectivity index (χ0) is 23.5. The largest absolute Gasteiger partial charge is 0.358 e. The predicted octanol–water partition coefficient (Wildman–Crippen LogP) is 2.69. The van der Waals surface area contributed by atoms with Gasteiger partial charge in [-0.25, -0.2) is 0 Å². The molecule has 4 N–H and O–H groups in total. The Hall–Kier alpha value is -2.67. The molecule has 1 saturated heterocycles. The van der Waals surface area contributed by atoms with E-state index in [0.717, 1.165) is 47.1 Å². The zero-order valence-electron chi connectivity index (χ0n) is 19.9. The molecule has 0 bridgehead atoms. The Balaban J connectivity index is 0.000000255. The monoisotopic (exact) mass is 439 g/mol. The fourth-order valence-corrected chi connectivity index (χ4v) is 3.97. The van der Waals surface area contributed by atoms with Gasteiger partial charge in [0, 0.05) is 72.1 Å². The van der Waals surface area contributed by atoms with E-state index in [0.29, 0.717) is 7.18 Å². The van der Waals surface area contributed by atoms with Gasteiger partial charge in [-0.05, 0) is 44.2 Å². The van der Waals surface area contributed by atoms with Crippen molar-refractivity contribution in [3.63, 3.8) is 0 Å². The van der Waals surface area contributed by atoms with Crippen molar-refractivity contribution < 1.29 is 4.39 Å². The van der Waals surface area contributed by atoms with Crippen LogP contribution in [0, 0.1) is 13.8 Å². The van der Waals surface area contributed by atoms with Crippen LogP contribution in [0.1, 0.15) is 22.5 Å². The summed E-state index contributed by atoms with van der Waals surface area (Å²) < 4.78 is 9.50. The van der Waals surface area contributed by atoms with Gasteiger partial charge in [0.1, 0.15) is 0 Å². The molecule has 3 aromatic rings. The number of para-hydroxylation sites is 1. The Morgan fingerprint density at radius 3 is 2.44 bits per heavy atom. The van der Waals surface area contributed by atoms with Crippen molar-refractivity contribution in [1.29, 1.82) is 0 Å². The average Bonchev–Trinajstić information content (AvgIpc) is 3.29. The molecule has 0 amide bonds. The Kier molecular flexibility index (Phi) is 10.4. The van der Waals surface area contributed by atoms with Gasteiger partial charge in [-0.2, -0.15) is 0 Å². The maximum Gasteiger partial charge on any atom is 0.0785 e. The van der Waals surface area contributed by atoms with E-state index in [1.54, 1.807) is 0 Å². The number of likely N-dealkylation sites (N-methyl/N-ethyl adjacent to an activating group) is 1. The van der Waals surface area contributed by atoms with E-state index >= 15 is 0 Å². The lowest BCUT2D eigenvalue weighted by Gasteiger charge is -2.26. The number of nitrogens with zero attached hydrogens (tertiary/aromatic N) is 1. The van der Waals surface area contributed by atoms with Crippen molar-refractivity contribution in [3.8, 4) is 0 Å². The van der Waals surface area contributed by atoms with Gasteiger partial charge in [-0.15, -0.1) is 0 Å². The summed E-state index contributed by atoms with van der Waals surface area (Å²) >= 11 is 0. The molecule has 5 nitrogen and oxygen atoms in total. The van der Waals surface area contributed by atoms with Crippen LogP contribution in [0.15, 0.2) is 30.8 Å². The number of nitrogens with one attached hydrogen (secondary N) is 4. The Morgan fingerprint density at radius 2 is 1.81 bits per heavy atom. The van der Waals surface area contributed by atoms with Crippen LogP contribution in [-0.4, -0.2) is 68.4 Å². The number of H-pyrrole nitrogens is 2. The summed E-state index contributed by atoms with van der Waals surface area (Å²) in [6, 6.07) is 8.27. The molecule has 1 fully saturated rings. The zero-order valence-corrected chi connectivity index (χ0v) is 19.9. The van der Waals surface area contributed by atoms with Gasteiger partial charge in [0.25, 0.3) is 0 Å². The number of alkyl halides is 1. The molecule has 0 saturated carbocycles. The normalized spacial score (nSPS) is 14.5. The number of rotatable bonds is 5. The summed E-state index contributed by atoms with van der Waals surface area (Å²) in [6.07, 6.45) is 4.06. The fourth-order valence-electron chi connectivity index (χ4n) is 3.97. The van der Waals surface area contributed by atoms with Crippen LogP contribution in [0.3, 0.4) is 0 Å². The maximum atomic E-state index is 9.50. The molecule has 4 rings (SSSR count). The Morgan fingerprint density at radius 1 is 1.12 bits per heavy atom. The van der Waals surface area contributed by atoms with Gasteiger partial charge in [0.05, 0.1) is 7.18 Å². The van der Waals surface area contributed by atoms with Crippen LogP contribution < -0.4 is 21.2 Å². The highest BCUT2D eigenvalue weighted by molar-refractivity contribution is 5.82. The molecule has 1 aliphatic heterocycles. The lowest BCUT2D eigenvalue weighted by atomic mass is 10.1. The van der Waals surface area contributed by atoms with Crippen LogP contribution >= 0.6 is 0 Å². The number of benzene rings is 1. The second-order valence-corrected chi connectivity index (χ2v) is 7.81. The first kappa shape index (κ1) is 25.6. The van der Waals surface area contributed by atoms with Crippen molar-refractivity contribution in [2.75, 3.05) is 53.5 Å². The molecular formula is C26H38FN5. The minimum atomic E-state index is 0.500. The van der Waals surface area contributed by atoms with Crippen LogP contribution in [0.4, 0.5) is 4.39 Å². The summed E-state index contributed by atoms with van der Waals surface area (Å²) in [5.74, 6) is 0. The third kappa shape index (κ3) is 6.42. The quantitative estimate of drug-likeness (QED) is 0.494. The molecule has 0 unspecified atom stereocenters. The third-order valence-electron chi connectivity index (χ3n) is 5.74. The van der Waals surface area contributed by atoms with Gasteiger partial charge in [-0.3, -0.25) is 9.29 Å². The number of fused-ring (bicyclic) bond motifs is 1. The highest BCUT2D eigenvalue weighted by atomic mass is 19.1. The smallest absolute Gasteiger partial charge is 0.0785 e. The second-order valence-electron chi connectivity index (χ2n) is 7.81. The van der Waals surface area contributed by atoms with E-state index in [2.05, 4.69) is 76.8 Å². The molecule has 1 aliphatic rings. The molecule has 0 spiro atoms. The average molecular weight is 440 g/mol. The number of hydrogen-bond donors (Lipinski definition) is 4. The van der Waals surface area contributed by atoms with E-state index in [9.17, 15) is 4.39 Å². The summed E-state index contributed by atoms with van der Waals surface area (Å²) in [5.41, 5.74) is 5.79. The first-order valence-electron chi connectivity index (χ1n) is 11.1. The molecule has 0 atom stereocenters. The molecule has 32 heavy (non-hydrogen) atoms. The molecule has 6 heteroatoms. The van der Waals surface area contributed by atoms with Gasteiger partial charge in [0.15, 0.2) is 0 Å². The first-order valence-corrected chi connectivity index (χ1v) is 11.1. The summed E-state index contributed by atoms with van der Waals surface area (Å²) in [6.45, 7) is 19.2. The third-order valence-corrected chi connectivity index (χ3v) is 5.74. The van der Waals surface area contributed by atoms with Gasteiger partial charge < -0.3 is 20.6 Å². The fraction of sp³-hybridized carbons (Fsp3) is 0.385. The second kappa shape index (κ2) is 13.0. The number of halogens is 1. The topological polar surface area (TPSA) is 58.9 Å². The number of aromatic amines is 2. The minimum Gasteiger partial charge on any atom is -0.358 e. The lowest BCUT2D eigenvalue weighted by molar-refractivity contribution is 0.243. The number of hydrogen-bond acceptors (Lipinski definition) is 3. The summed E-state index contributed by atoms with van der Waals surface area (Å²) in [4.78, 5) is 9.23. The van der Waals surface area contributed by atoms with Crippen molar-refractivity contribution in [3.05, 3.63) is 63.9 Å². The van der Waals surface area contributed by atoms with E-state index < -0.39 is 0 Å². The minimum absolute atomic E-state index is 0.500. The highest BCUT2D eigenvalue weighted by Crippen LogP contribution is 2.19. The van der Waals surface area contributed by atoms with Crippen molar-refractivity contribution >= 4 is 29.6 Å². The summed E-state index contributed by atoms with van der Waals surface area (Å²) in [7, 11) is 2.50. The maximum absolute atomic E-state index is 9.50. The van der Waals surface area contributed by atoms with Crippen LogP contribution in [0.5, 0.6) is 0 Å². The Labute approximate surface area is 191 Å². The molecule has 1 aromatic carbocycles. The molecule has 0 aliphatic carbocycles. The predicted molar refractivity (Wildman–Crippen MR) is 137 cm³/mol. The van der Waals surface area contributed by atoms with Crippen LogP contribution in [-0.2, 0) is 0 Å². The van der Waals surface area contributed by atoms with E-state index in [1.807, 2.05) is 19.2 Å². The van der Waals surface area contributed by atoms with Gasteiger partial charge in [0.2, 0.25) is 0 Å². The van der Waals surface area contributed by atoms with E-state index in [1.165, 1.54) is 36.1 Å². The number of piperazine rings is 1. The van der Waals surface area contributed by atoms with E-state index in [-0.39, 0.29) is 0 Å². The highest BCUT2D eigenvalue weighted by Gasteiger charge is 2.08. The standard InChI is InChI=1S/C18H18N2.C7H17N3.CH3F/c1-5-14-11(2)18(20-12(14)3)10-16-13(4)19-17-9-7-6-8-15(16)17;1-8-2-5-10-6-3-9-4-7-10;1-2/h5-10,19-20H,1,4H2,2-3H3;8-9H,2-7H2,1H3;1H3/b16-10+;;. The van der Waals surface area contributed by atoms with E-state index in [4.69, 9.17) is 0 Å². The van der Waals surface area contributed by atoms with Gasteiger partial charge in [-0.1, -0.05) is 37.4 Å². The Bertz CT molecular complexity index is 1090. The van der Waals surface area contributed by atoms with Crippen molar-refractivity contribution in [2.45, 2.75) is 13.8 Å². The number of aryl methyl sites for hydroxylation is 1. The molecule has 174 valence electrons. The SMILES string of the molecule is C=Cc1c(C)[nH]c(/C=c2\c(=C)[nH]c3ccccc23)c1C.CF.CNCCN1CCNCC1. The van der Waals surface area contributed by atoms with Crippen molar-refractivity contribution in [1.82, 2.24) is 25.5 Å². The molecule has 3 heterocycles. The summed E-state index contributed by atoms with van der Waals surface area (Å²) in [5, 5.41) is 9.76. The van der Waals surface area contributed by atoms with Crippen molar-refractivity contribution in [2.24, 2.45) is 0 Å². The first-order chi connectivity index (χ1) is 15.5. The molecular weight excluding hydrogens is 401 g/mol. The van der Waals surface area contributed by atoms with Crippen LogP contribution in [0.2, 0.25) is 0 Å². The van der Waals surface area contributed by atoms with Gasteiger partial charge >= 0.3 is 0 Å². The van der Waals surface area contributed by atoms with Crippen LogP contribution in [0.25, 0.3) is 29.6 Å². The molecule has 0 radical (unpaired) electrons. The lowest BCUT2D eigenvalue weighted by Crippen LogP contribution is -2.45. The molecule has 2 aromatic heterocycles.